The summed E-state index contributed by atoms with van der Waals surface area (Å²) >= 11 is 0. The first-order valence-electron chi connectivity index (χ1n) is 9.99. The fraction of sp³-hybridized carbons (Fsp3) is 0.217. The average molecular weight is 436 g/mol. The standard InChI is InChI=1S/C23H21FN4O4/c1-32-18-4-3-16(24)13-17(18)21(29)19-20(15-5-7-25-8-6-15)28(23(31)22(19)30)11-2-10-27-12-9-26-14-27/h3-9,12-14,20,29H,2,10-11H2,1H3/b21-19+/t20-/m0/s1. The number of Topliss-reactive ketones (excluding diaryl/α,β-unsaturated/α-hetero) is 1. The van der Waals surface area contributed by atoms with E-state index in [0.717, 1.165) is 6.07 Å². The number of hydrogen-bond acceptors (Lipinski definition) is 6. The second-order valence-corrected chi connectivity index (χ2v) is 7.27. The molecule has 9 heteroatoms. The Morgan fingerprint density at radius 2 is 1.91 bits per heavy atom. The smallest absolute Gasteiger partial charge is 0.295 e. The van der Waals surface area contributed by atoms with Crippen LogP contribution in [0.15, 0.2) is 67.0 Å². The lowest BCUT2D eigenvalue weighted by Crippen LogP contribution is -2.31. The predicted molar refractivity (Wildman–Crippen MR) is 113 cm³/mol. The highest BCUT2D eigenvalue weighted by Crippen LogP contribution is 2.40. The molecule has 0 bridgehead atoms. The molecule has 0 radical (unpaired) electrons. The third kappa shape index (κ3) is 3.96. The predicted octanol–water partition coefficient (Wildman–Crippen LogP) is 2.94. The minimum absolute atomic E-state index is 0.00275. The molecule has 3 heterocycles. The van der Waals surface area contributed by atoms with Crippen LogP contribution >= 0.6 is 0 Å². The zero-order valence-corrected chi connectivity index (χ0v) is 17.3. The molecule has 1 aliphatic heterocycles. The number of benzene rings is 1. The van der Waals surface area contributed by atoms with Crippen LogP contribution < -0.4 is 4.74 Å². The quantitative estimate of drug-likeness (QED) is 0.348. The van der Waals surface area contributed by atoms with Gasteiger partial charge in [-0.25, -0.2) is 9.37 Å². The van der Waals surface area contributed by atoms with Gasteiger partial charge in [0.2, 0.25) is 0 Å². The number of halogens is 1. The Bertz CT molecular complexity index is 1160. The molecule has 3 aromatic rings. The van der Waals surface area contributed by atoms with Crippen LogP contribution in [0.25, 0.3) is 5.76 Å². The number of aliphatic hydroxyl groups excluding tert-OH is 1. The van der Waals surface area contributed by atoms with Gasteiger partial charge < -0.3 is 19.3 Å². The molecule has 2 aromatic heterocycles. The summed E-state index contributed by atoms with van der Waals surface area (Å²) in [6.45, 7) is 0.872. The van der Waals surface area contributed by atoms with Gasteiger partial charge in [-0.3, -0.25) is 14.6 Å². The molecule has 32 heavy (non-hydrogen) atoms. The average Bonchev–Trinajstić information content (AvgIpc) is 3.41. The molecule has 164 valence electrons. The molecular weight excluding hydrogens is 415 g/mol. The number of ether oxygens (including phenoxy) is 1. The van der Waals surface area contributed by atoms with E-state index < -0.39 is 29.3 Å². The maximum absolute atomic E-state index is 13.9. The van der Waals surface area contributed by atoms with Gasteiger partial charge in [-0.2, -0.15) is 0 Å². The van der Waals surface area contributed by atoms with Crippen molar-refractivity contribution in [3.63, 3.8) is 0 Å². The Kier molecular flexibility index (Phi) is 5.98. The maximum atomic E-state index is 13.9. The molecule has 0 aliphatic carbocycles. The van der Waals surface area contributed by atoms with Crippen molar-refractivity contribution in [2.45, 2.75) is 19.0 Å². The number of methoxy groups -OCH3 is 1. The van der Waals surface area contributed by atoms with Crippen LogP contribution in [-0.2, 0) is 16.1 Å². The SMILES string of the molecule is COc1ccc(F)cc1/C(O)=C1\C(=O)C(=O)N(CCCn2ccnc2)[C@H]1c1ccncc1. The monoisotopic (exact) mass is 436 g/mol. The van der Waals surface area contributed by atoms with Crippen molar-refractivity contribution < 1.29 is 23.8 Å². The number of likely N-dealkylation sites (tertiary alicyclic amines) is 1. The van der Waals surface area contributed by atoms with Gasteiger partial charge in [-0.1, -0.05) is 0 Å². The summed E-state index contributed by atoms with van der Waals surface area (Å²) in [5.74, 6) is -2.47. The first-order chi connectivity index (χ1) is 15.5. The summed E-state index contributed by atoms with van der Waals surface area (Å²) in [5.41, 5.74) is 0.495. The number of hydrogen-bond donors (Lipinski definition) is 1. The van der Waals surface area contributed by atoms with Gasteiger partial charge in [-0.15, -0.1) is 0 Å². The number of aryl methyl sites for hydroxylation is 1. The van der Waals surface area contributed by atoms with Crippen LogP contribution in [0.2, 0.25) is 0 Å². The Morgan fingerprint density at radius 3 is 2.59 bits per heavy atom. The zero-order chi connectivity index (χ0) is 22.7. The second kappa shape index (κ2) is 9.01. The van der Waals surface area contributed by atoms with Crippen molar-refractivity contribution in [1.82, 2.24) is 19.4 Å². The first-order valence-corrected chi connectivity index (χ1v) is 9.99. The van der Waals surface area contributed by atoms with Crippen molar-refractivity contribution in [2.75, 3.05) is 13.7 Å². The minimum atomic E-state index is -0.839. The Balaban J connectivity index is 1.76. The van der Waals surface area contributed by atoms with Crippen molar-refractivity contribution >= 4 is 17.4 Å². The molecule has 1 saturated heterocycles. The van der Waals surface area contributed by atoms with E-state index in [1.165, 1.54) is 24.1 Å². The van der Waals surface area contributed by atoms with Crippen LogP contribution in [0.3, 0.4) is 0 Å². The molecular formula is C23H21FN4O4. The van der Waals surface area contributed by atoms with E-state index in [9.17, 15) is 19.1 Å². The summed E-state index contributed by atoms with van der Waals surface area (Å²) in [6.07, 6.45) is 8.80. The highest BCUT2D eigenvalue weighted by Gasteiger charge is 2.46. The van der Waals surface area contributed by atoms with Gasteiger partial charge in [0.1, 0.15) is 17.3 Å². The number of amides is 1. The van der Waals surface area contributed by atoms with Gasteiger partial charge in [0.15, 0.2) is 0 Å². The summed E-state index contributed by atoms with van der Waals surface area (Å²) in [5, 5.41) is 11.1. The molecule has 1 atom stereocenters. The number of ketones is 1. The lowest BCUT2D eigenvalue weighted by atomic mass is 9.95. The van der Waals surface area contributed by atoms with Crippen LogP contribution in [0, 0.1) is 5.82 Å². The molecule has 1 aromatic carbocycles. The van der Waals surface area contributed by atoms with Crippen molar-refractivity contribution in [3.8, 4) is 5.75 Å². The summed E-state index contributed by atoms with van der Waals surface area (Å²) in [6, 6.07) is 6.13. The third-order valence-electron chi connectivity index (χ3n) is 5.35. The maximum Gasteiger partial charge on any atom is 0.295 e. The fourth-order valence-electron chi connectivity index (χ4n) is 3.86. The van der Waals surface area contributed by atoms with E-state index in [2.05, 4.69) is 9.97 Å². The van der Waals surface area contributed by atoms with Gasteiger partial charge in [0.05, 0.1) is 30.6 Å². The zero-order valence-electron chi connectivity index (χ0n) is 17.3. The van der Waals surface area contributed by atoms with E-state index in [4.69, 9.17) is 4.74 Å². The summed E-state index contributed by atoms with van der Waals surface area (Å²) in [7, 11) is 1.37. The highest BCUT2D eigenvalue weighted by molar-refractivity contribution is 6.46. The lowest BCUT2D eigenvalue weighted by Gasteiger charge is -2.25. The Morgan fingerprint density at radius 1 is 1.12 bits per heavy atom. The van der Waals surface area contributed by atoms with E-state index in [1.54, 1.807) is 37.1 Å². The van der Waals surface area contributed by atoms with Crippen LogP contribution in [0.4, 0.5) is 4.39 Å². The molecule has 1 aliphatic rings. The van der Waals surface area contributed by atoms with Gasteiger partial charge in [0.25, 0.3) is 11.7 Å². The van der Waals surface area contributed by atoms with Gasteiger partial charge in [-0.05, 0) is 42.3 Å². The number of carbonyl (C=O) groups excluding carboxylic acids is 2. The molecule has 0 spiro atoms. The van der Waals surface area contributed by atoms with Crippen LogP contribution in [0.5, 0.6) is 5.75 Å². The molecule has 0 unspecified atom stereocenters. The number of pyridine rings is 1. The lowest BCUT2D eigenvalue weighted by molar-refractivity contribution is -0.139. The Labute approximate surface area is 183 Å². The van der Waals surface area contributed by atoms with E-state index in [-0.39, 0.29) is 23.4 Å². The number of carbonyl (C=O) groups is 2. The van der Waals surface area contributed by atoms with Crippen molar-refractivity contribution in [3.05, 3.63) is 84.0 Å². The molecule has 0 saturated carbocycles. The second-order valence-electron chi connectivity index (χ2n) is 7.27. The number of nitrogens with zero attached hydrogens (tertiary/aromatic N) is 4. The first kappa shape index (κ1) is 21.2. The number of imidazole rings is 1. The van der Waals surface area contributed by atoms with Crippen LogP contribution in [0.1, 0.15) is 23.6 Å². The molecule has 1 amide bonds. The number of rotatable bonds is 7. The summed E-state index contributed by atoms with van der Waals surface area (Å²) in [4.78, 5) is 35.4. The van der Waals surface area contributed by atoms with Crippen molar-refractivity contribution in [2.24, 2.45) is 0 Å². The van der Waals surface area contributed by atoms with Crippen LogP contribution in [-0.4, -0.2) is 49.9 Å². The minimum Gasteiger partial charge on any atom is -0.507 e. The molecule has 1 N–H and O–H groups in total. The molecule has 8 nitrogen and oxygen atoms in total. The van der Waals surface area contributed by atoms with Gasteiger partial charge in [0, 0.05) is 37.9 Å². The number of aromatic nitrogens is 3. The molecule has 1 fully saturated rings. The number of aliphatic hydroxyl groups is 1. The normalized spacial score (nSPS) is 17.7. The van der Waals surface area contributed by atoms with Crippen molar-refractivity contribution in [1.29, 1.82) is 0 Å². The third-order valence-corrected chi connectivity index (χ3v) is 5.35. The van der Waals surface area contributed by atoms with E-state index >= 15 is 0 Å². The van der Waals surface area contributed by atoms with E-state index in [0.29, 0.717) is 18.5 Å². The van der Waals surface area contributed by atoms with Gasteiger partial charge >= 0.3 is 0 Å². The summed E-state index contributed by atoms with van der Waals surface area (Å²) < 4.78 is 21.0. The topological polar surface area (TPSA) is 97.6 Å². The van der Waals surface area contributed by atoms with E-state index in [1.807, 2.05) is 10.8 Å². The largest absolute Gasteiger partial charge is 0.507 e. The molecule has 4 rings (SSSR count). The Hall–Kier alpha value is -4.01. The highest BCUT2D eigenvalue weighted by atomic mass is 19.1. The fourth-order valence-corrected chi connectivity index (χ4v) is 3.86.